The summed E-state index contributed by atoms with van der Waals surface area (Å²) in [6, 6.07) is 3.51. The summed E-state index contributed by atoms with van der Waals surface area (Å²) in [5, 5.41) is 2.44. The molecule has 0 unspecified atom stereocenters. The van der Waals surface area contributed by atoms with Crippen LogP contribution in [-0.2, 0) is 20.9 Å². The lowest BCUT2D eigenvalue weighted by Gasteiger charge is -2.03. The van der Waals surface area contributed by atoms with Crippen LogP contribution in [0.5, 0.6) is 0 Å². The van der Waals surface area contributed by atoms with E-state index in [-0.39, 0.29) is 6.61 Å². The number of esters is 1. The highest BCUT2D eigenvalue weighted by Crippen LogP contribution is 1.94. The van der Waals surface area contributed by atoms with Crippen LogP contribution in [0.3, 0.4) is 0 Å². The summed E-state index contributed by atoms with van der Waals surface area (Å²) in [6.07, 6.45) is 3.23. The zero-order chi connectivity index (χ0) is 11.1. The highest BCUT2D eigenvalue weighted by Gasteiger charge is 2.13. The Labute approximate surface area is 87.5 Å². The molecule has 1 aromatic heterocycles. The number of aromatic nitrogens is 1. The third kappa shape index (κ3) is 3.76. The Bertz CT molecular complexity index is 338. The molecule has 0 spiro atoms. The normalized spacial score (nSPS) is 9.40. The first kappa shape index (κ1) is 11.2. The maximum atomic E-state index is 11.1. The summed E-state index contributed by atoms with van der Waals surface area (Å²) in [6.45, 7) is 2.13. The van der Waals surface area contributed by atoms with Crippen LogP contribution in [0.2, 0.25) is 0 Å². The van der Waals surface area contributed by atoms with Gasteiger partial charge in [-0.1, -0.05) is 0 Å². The van der Waals surface area contributed by atoms with Crippen LogP contribution in [0, 0.1) is 0 Å². The Morgan fingerprint density at radius 1 is 1.40 bits per heavy atom. The number of hydrogen-bond donors (Lipinski definition) is 1. The number of amides is 1. The molecule has 0 saturated heterocycles. The predicted molar refractivity (Wildman–Crippen MR) is 52.7 cm³/mol. The van der Waals surface area contributed by atoms with Gasteiger partial charge in [0.15, 0.2) is 0 Å². The second-order valence-corrected chi connectivity index (χ2v) is 2.76. The van der Waals surface area contributed by atoms with E-state index in [2.05, 4.69) is 15.0 Å². The number of ether oxygens (including phenoxy) is 1. The second-order valence-electron chi connectivity index (χ2n) is 2.76. The van der Waals surface area contributed by atoms with Crippen LogP contribution in [0.4, 0.5) is 0 Å². The van der Waals surface area contributed by atoms with E-state index in [0.29, 0.717) is 6.54 Å². The summed E-state index contributed by atoms with van der Waals surface area (Å²) < 4.78 is 4.53. The first-order valence-corrected chi connectivity index (χ1v) is 4.58. The Morgan fingerprint density at radius 2 is 2.07 bits per heavy atom. The predicted octanol–water partition coefficient (Wildman–Crippen LogP) is 0.261. The molecule has 0 aliphatic heterocycles. The number of hydrogen-bond acceptors (Lipinski definition) is 4. The second kappa shape index (κ2) is 5.74. The van der Waals surface area contributed by atoms with Gasteiger partial charge in [-0.3, -0.25) is 9.78 Å². The Morgan fingerprint density at radius 3 is 2.67 bits per heavy atom. The smallest absolute Gasteiger partial charge is 0.396 e. The lowest BCUT2D eigenvalue weighted by Crippen LogP contribution is -2.32. The minimum atomic E-state index is -0.855. The maximum Gasteiger partial charge on any atom is 0.396 e. The largest absolute Gasteiger partial charge is 0.459 e. The molecule has 0 saturated carbocycles. The quantitative estimate of drug-likeness (QED) is 0.571. The van der Waals surface area contributed by atoms with Crippen LogP contribution >= 0.6 is 0 Å². The number of nitrogens with one attached hydrogen (secondary N) is 1. The van der Waals surface area contributed by atoms with Gasteiger partial charge in [-0.15, -0.1) is 0 Å². The zero-order valence-corrected chi connectivity index (χ0v) is 8.40. The molecule has 15 heavy (non-hydrogen) atoms. The van der Waals surface area contributed by atoms with Crippen molar-refractivity contribution < 1.29 is 14.3 Å². The Kier molecular flexibility index (Phi) is 4.28. The average Bonchev–Trinajstić information content (AvgIpc) is 2.27. The number of pyridine rings is 1. The molecule has 5 heteroatoms. The lowest BCUT2D eigenvalue weighted by atomic mass is 10.3. The van der Waals surface area contributed by atoms with Crippen LogP contribution in [-0.4, -0.2) is 23.5 Å². The van der Waals surface area contributed by atoms with Crippen LogP contribution < -0.4 is 5.32 Å². The summed E-state index contributed by atoms with van der Waals surface area (Å²) in [7, 11) is 0. The monoisotopic (exact) mass is 208 g/mol. The number of rotatable bonds is 3. The molecule has 1 N–H and O–H groups in total. The van der Waals surface area contributed by atoms with Gasteiger partial charge in [0.05, 0.1) is 6.61 Å². The van der Waals surface area contributed by atoms with E-state index in [4.69, 9.17) is 0 Å². The van der Waals surface area contributed by atoms with Crippen molar-refractivity contribution in [3.05, 3.63) is 30.1 Å². The number of nitrogens with zero attached hydrogens (tertiary/aromatic N) is 1. The highest BCUT2D eigenvalue weighted by atomic mass is 16.5. The molecule has 1 aromatic rings. The third-order valence-electron chi connectivity index (χ3n) is 1.66. The maximum absolute atomic E-state index is 11.1. The SMILES string of the molecule is CCOC(=O)C(=O)NCc1ccncc1. The molecule has 80 valence electrons. The molecule has 0 aromatic carbocycles. The molecule has 0 atom stereocenters. The fraction of sp³-hybridized carbons (Fsp3) is 0.300. The first-order chi connectivity index (χ1) is 7.24. The van der Waals surface area contributed by atoms with Gasteiger partial charge in [0.2, 0.25) is 0 Å². The van der Waals surface area contributed by atoms with Crippen molar-refractivity contribution in [2.45, 2.75) is 13.5 Å². The van der Waals surface area contributed by atoms with E-state index >= 15 is 0 Å². The number of carbonyl (C=O) groups is 2. The Hall–Kier alpha value is -1.91. The van der Waals surface area contributed by atoms with E-state index in [9.17, 15) is 9.59 Å². The third-order valence-corrected chi connectivity index (χ3v) is 1.66. The molecular weight excluding hydrogens is 196 g/mol. The molecular formula is C10H12N2O3. The van der Waals surface area contributed by atoms with Crippen molar-refractivity contribution in [3.63, 3.8) is 0 Å². The van der Waals surface area contributed by atoms with Gasteiger partial charge in [-0.2, -0.15) is 0 Å². The topological polar surface area (TPSA) is 68.3 Å². The van der Waals surface area contributed by atoms with E-state index in [1.165, 1.54) is 0 Å². The van der Waals surface area contributed by atoms with Gasteiger partial charge in [-0.05, 0) is 24.6 Å². The van der Waals surface area contributed by atoms with Crippen molar-refractivity contribution in [1.82, 2.24) is 10.3 Å². The molecule has 1 amide bonds. The minimum Gasteiger partial charge on any atom is -0.459 e. The van der Waals surface area contributed by atoms with Gasteiger partial charge < -0.3 is 10.1 Å². The fourth-order valence-corrected chi connectivity index (χ4v) is 0.952. The molecule has 5 nitrogen and oxygen atoms in total. The van der Waals surface area contributed by atoms with E-state index in [1.807, 2.05) is 0 Å². The number of carbonyl (C=O) groups excluding carboxylic acids is 2. The molecule has 0 aliphatic carbocycles. The zero-order valence-electron chi connectivity index (χ0n) is 8.40. The van der Waals surface area contributed by atoms with Crippen molar-refractivity contribution in [2.24, 2.45) is 0 Å². The summed E-state index contributed by atoms with van der Waals surface area (Å²) in [5.41, 5.74) is 0.877. The van der Waals surface area contributed by atoms with Gasteiger partial charge in [-0.25, -0.2) is 4.79 Å². The first-order valence-electron chi connectivity index (χ1n) is 4.58. The van der Waals surface area contributed by atoms with Crippen LogP contribution in [0.25, 0.3) is 0 Å². The lowest BCUT2D eigenvalue weighted by molar-refractivity contribution is -0.154. The molecule has 0 radical (unpaired) electrons. The van der Waals surface area contributed by atoms with E-state index in [0.717, 1.165) is 5.56 Å². The van der Waals surface area contributed by atoms with Gasteiger partial charge >= 0.3 is 11.9 Å². The van der Waals surface area contributed by atoms with Crippen LogP contribution in [0.15, 0.2) is 24.5 Å². The van der Waals surface area contributed by atoms with Crippen molar-refractivity contribution >= 4 is 11.9 Å². The minimum absolute atomic E-state index is 0.196. The molecule has 1 heterocycles. The van der Waals surface area contributed by atoms with E-state index < -0.39 is 11.9 Å². The van der Waals surface area contributed by atoms with Gasteiger partial charge in [0.25, 0.3) is 0 Å². The van der Waals surface area contributed by atoms with Crippen molar-refractivity contribution in [2.75, 3.05) is 6.61 Å². The summed E-state index contributed by atoms with van der Waals surface area (Å²) in [4.78, 5) is 25.9. The summed E-state index contributed by atoms with van der Waals surface area (Å²) in [5.74, 6) is -1.58. The fourth-order valence-electron chi connectivity index (χ4n) is 0.952. The van der Waals surface area contributed by atoms with Crippen molar-refractivity contribution in [3.8, 4) is 0 Å². The standard InChI is InChI=1S/C10H12N2O3/c1-2-15-10(14)9(13)12-7-8-3-5-11-6-4-8/h3-6H,2,7H2,1H3,(H,12,13). The molecule has 1 rings (SSSR count). The Balaban J connectivity index is 2.38. The average molecular weight is 208 g/mol. The molecule has 0 bridgehead atoms. The summed E-state index contributed by atoms with van der Waals surface area (Å²) >= 11 is 0. The molecule has 0 fully saturated rings. The van der Waals surface area contributed by atoms with Crippen molar-refractivity contribution in [1.29, 1.82) is 0 Å². The van der Waals surface area contributed by atoms with Crippen LogP contribution in [0.1, 0.15) is 12.5 Å². The highest BCUT2D eigenvalue weighted by molar-refractivity contribution is 6.32. The van der Waals surface area contributed by atoms with Gasteiger partial charge in [0, 0.05) is 18.9 Å². The van der Waals surface area contributed by atoms with E-state index in [1.54, 1.807) is 31.5 Å². The molecule has 0 aliphatic rings. The van der Waals surface area contributed by atoms with Gasteiger partial charge in [0.1, 0.15) is 0 Å².